The lowest BCUT2D eigenvalue weighted by atomic mass is 9.77. The van der Waals surface area contributed by atoms with E-state index in [0.717, 1.165) is 0 Å². The van der Waals surface area contributed by atoms with E-state index in [1.165, 1.54) is 11.8 Å². The number of ether oxygens (including phenoxy) is 1. The minimum atomic E-state index is -0.550. The summed E-state index contributed by atoms with van der Waals surface area (Å²) in [5.41, 5.74) is 1.75. The minimum Gasteiger partial charge on any atom is -0.465 e. The molecule has 0 spiro atoms. The number of benzene rings is 1. The van der Waals surface area contributed by atoms with Crippen LogP contribution in [0.5, 0.6) is 0 Å². The fourth-order valence-corrected chi connectivity index (χ4v) is 4.31. The quantitative estimate of drug-likeness (QED) is 0.470. The van der Waals surface area contributed by atoms with Crippen molar-refractivity contribution >= 4 is 29.2 Å². The van der Waals surface area contributed by atoms with Crippen LogP contribution in [-0.4, -0.2) is 29.8 Å². The van der Waals surface area contributed by atoms with Gasteiger partial charge in [-0.2, -0.15) is 5.26 Å². The number of carbonyl (C=O) groups is 2. The summed E-state index contributed by atoms with van der Waals surface area (Å²) in [7, 11) is 0. The molecule has 6 heteroatoms. The molecule has 28 heavy (non-hydrogen) atoms. The standard InChI is InChI=1S/C22H26N2O3S/c1-5-27-22(26)20-15(4)24-21(18(12-23)17(20)11-14(2)3)28-13-19(25)16-9-7-6-8-10-16/h6-10,14,17,20H,5,11,13H2,1-4H3/t17-,20?/m1/s1. The number of carbonyl (C=O) groups excluding carboxylic acids is 2. The van der Waals surface area contributed by atoms with Gasteiger partial charge < -0.3 is 4.74 Å². The third-order valence-electron chi connectivity index (χ3n) is 4.55. The minimum absolute atomic E-state index is 0.0174. The highest BCUT2D eigenvalue weighted by Crippen LogP contribution is 2.39. The van der Waals surface area contributed by atoms with Crippen molar-refractivity contribution in [2.24, 2.45) is 22.7 Å². The van der Waals surface area contributed by atoms with Crippen molar-refractivity contribution in [3.05, 3.63) is 46.5 Å². The second-order valence-corrected chi connectivity index (χ2v) is 8.09. The first-order valence-electron chi connectivity index (χ1n) is 9.46. The fraction of sp³-hybridized carbons (Fsp3) is 0.455. The van der Waals surface area contributed by atoms with Crippen molar-refractivity contribution in [1.29, 1.82) is 5.26 Å². The van der Waals surface area contributed by atoms with Gasteiger partial charge in [-0.3, -0.25) is 9.59 Å². The molecule has 0 bridgehead atoms. The number of allylic oxidation sites excluding steroid dienone is 1. The summed E-state index contributed by atoms with van der Waals surface area (Å²) in [6, 6.07) is 11.3. The van der Waals surface area contributed by atoms with Crippen LogP contribution in [0.1, 0.15) is 44.5 Å². The summed E-state index contributed by atoms with van der Waals surface area (Å²) in [6.45, 7) is 7.97. The topological polar surface area (TPSA) is 79.5 Å². The Morgan fingerprint density at radius 1 is 1.29 bits per heavy atom. The van der Waals surface area contributed by atoms with Crippen LogP contribution < -0.4 is 0 Å². The van der Waals surface area contributed by atoms with Gasteiger partial charge in [0.2, 0.25) is 0 Å². The van der Waals surface area contributed by atoms with Gasteiger partial charge in [-0.05, 0) is 26.2 Å². The van der Waals surface area contributed by atoms with Crippen molar-refractivity contribution < 1.29 is 14.3 Å². The Balaban J connectivity index is 2.29. The van der Waals surface area contributed by atoms with Crippen LogP contribution in [0.2, 0.25) is 0 Å². The highest BCUT2D eigenvalue weighted by Gasteiger charge is 2.39. The van der Waals surface area contributed by atoms with E-state index in [1.807, 2.05) is 18.2 Å². The highest BCUT2D eigenvalue weighted by atomic mass is 32.2. The average molecular weight is 399 g/mol. The molecule has 0 saturated heterocycles. The van der Waals surface area contributed by atoms with Gasteiger partial charge >= 0.3 is 5.97 Å². The molecule has 0 aromatic heterocycles. The van der Waals surface area contributed by atoms with Crippen LogP contribution in [0.15, 0.2) is 45.9 Å². The van der Waals surface area contributed by atoms with Crippen LogP contribution in [0.4, 0.5) is 0 Å². The largest absolute Gasteiger partial charge is 0.465 e. The van der Waals surface area contributed by atoms with E-state index in [4.69, 9.17) is 4.74 Å². The zero-order valence-electron chi connectivity index (χ0n) is 16.8. The zero-order chi connectivity index (χ0) is 20.7. The number of Topliss-reactive ketones (excluding diaryl/α,β-unsaturated/α-hetero) is 1. The van der Waals surface area contributed by atoms with E-state index in [1.54, 1.807) is 26.0 Å². The lowest BCUT2D eigenvalue weighted by Crippen LogP contribution is -2.36. The molecule has 1 aliphatic rings. The number of thioether (sulfide) groups is 1. The number of hydrogen-bond acceptors (Lipinski definition) is 6. The van der Waals surface area contributed by atoms with Gasteiger partial charge in [-0.15, -0.1) is 0 Å². The van der Waals surface area contributed by atoms with E-state index in [9.17, 15) is 14.9 Å². The SMILES string of the molecule is CCOC(=O)C1C(C)=NC(SCC(=O)c2ccccc2)=C(C#N)[C@H]1CC(C)C. The van der Waals surface area contributed by atoms with Crippen molar-refractivity contribution in [1.82, 2.24) is 0 Å². The van der Waals surface area contributed by atoms with Gasteiger partial charge in [0.15, 0.2) is 5.78 Å². The second-order valence-electron chi connectivity index (χ2n) is 7.13. The molecule has 1 aromatic rings. The smallest absolute Gasteiger partial charge is 0.315 e. The zero-order valence-corrected chi connectivity index (χ0v) is 17.6. The number of nitrogens with zero attached hydrogens (tertiary/aromatic N) is 2. The number of aliphatic imine (C=N–C) groups is 1. The molecular weight excluding hydrogens is 372 g/mol. The number of rotatable bonds is 8. The first-order valence-corrected chi connectivity index (χ1v) is 10.4. The highest BCUT2D eigenvalue weighted by molar-refractivity contribution is 8.03. The fourth-order valence-electron chi connectivity index (χ4n) is 3.32. The lowest BCUT2D eigenvalue weighted by molar-refractivity contribution is -0.146. The van der Waals surface area contributed by atoms with E-state index >= 15 is 0 Å². The van der Waals surface area contributed by atoms with Gasteiger partial charge in [0.05, 0.1) is 24.0 Å². The molecule has 0 amide bonds. The lowest BCUT2D eigenvalue weighted by Gasteiger charge is -2.30. The average Bonchev–Trinajstić information content (AvgIpc) is 2.66. The summed E-state index contributed by atoms with van der Waals surface area (Å²) in [5.74, 6) is -0.696. The van der Waals surface area contributed by atoms with E-state index in [2.05, 4.69) is 24.9 Å². The number of esters is 1. The molecular formula is C22H26N2O3S. The summed E-state index contributed by atoms with van der Waals surface area (Å²) in [6.07, 6.45) is 0.677. The van der Waals surface area contributed by atoms with Crippen molar-refractivity contribution in [2.75, 3.05) is 12.4 Å². The predicted octanol–water partition coefficient (Wildman–Crippen LogP) is 4.65. The van der Waals surface area contributed by atoms with Gasteiger partial charge in [0.1, 0.15) is 10.9 Å². The van der Waals surface area contributed by atoms with Gasteiger partial charge in [0, 0.05) is 17.2 Å². The van der Waals surface area contributed by atoms with Crippen molar-refractivity contribution in [3.63, 3.8) is 0 Å². The number of hydrogen-bond donors (Lipinski definition) is 0. The van der Waals surface area contributed by atoms with Crippen LogP contribution >= 0.6 is 11.8 Å². The third-order valence-corrected chi connectivity index (χ3v) is 5.54. The Morgan fingerprint density at radius 3 is 2.54 bits per heavy atom. The second kappa shape index (κ2) is 10.2. The molecule has 0 fully saturated rings. The van der Waals surface area contributed by atoms with Crippen LogP contribution in [0.25, 0.3) is 0 Å². The van der Waals surface area contributed by atoms with Crippen LogP contribution in [0, 0.1) is 29.1 Å². The first-order chi connectivity index (χ1) is 13.4. The molecule has 1 unspecified atom stereocenters. The summed E-state index contributed by atoms with van der Waals surface area (Å²) in [4.78, 5) is 29.5. The molecule has 1 aliphatic heterocycles. The molecule has 1 aromatic carbocycles. The summed E-state index contributed by atoms with van der Waals surface area (Å²) >= 11 is 1.26. The van der Waals surface area contributed by atoms with E-state index in [-0.39, 0.29) is 30.0 Å². The Bertz CT molecular complexity index is 822. The number of ketones is 1. The molecule has 0 N–H and O–H groups in total. The normalized spacial score (nSPS) is 19.2. The molecule has 0 aliphatic carbocycles. The van der Waals surface area contributed by atoms with Gasteiger partial charge in [0.25, 0.3) is 0 Å². The molecule has 2 rings (SSSR count). The Labute approximate surface area is 170 Å². The van der Waals surface area contributed by atoms with E-state index < -0.39 is 5.92 Å². The van der Waals surface area contributed by atoms with Gasteiger partial charge in [-0.1, -0.05) is 55.9 Å². The van der Waals surface area contributed by atoms with Crippen LogP contribution in [0.3, 0.4) is 0 Å². The molecule has 148 valence electrons. The Kier molecular flexibility index (Phi) is 8.01. The van der Waals surface area contributed by atoms with Gasteiger partial charge in [-0.25, -0.2) is 4.99 Å². The molecule has 0 saturated carbocycles. The van der Waals surface area contributed by atoms with Crippen LogP contribution in [-0.2, 0) is 9.53 Å². The third kappa shape index (κ3) is 5.32. The summed E-state index contributed by atoms with van der Waals surface area (Å²) in [5, 5.41) is 10.4. The van der Waals surface area contributed by atoms with E-state index in [0.29, 0.717) is 34.2 Å². The maximum absolute atomic E-state index is 12.5. The Morgan fingerprint density at radius 2 is 1.96 bits per heavy atom. The van der Waals surface area contributed by atoms with Crippen molar-refractivity contribution in [2.45, 2.75) is 34.1 Å². The first kappa shape index (κ1) is 21.9. The maximum Gasteiger partial charge on any atom is 0.315 e. The molecule has 0 radical (unpaired) electrons. The Hall–Kier alpha value is -2.39. The molecule has 5 nitrogen and oxygen atoms in total. The van der Waals surface area contributed by atoms with Crippen molar-refractivity contribution in [3.8, 4) is 6.07 Å². The molecule has 2 atom stereocenters. The molecule has 1 heterocycles. The maximum atomic E-state index is 12.5. The number of nitriles is 1. The predicted molar refractivity (Wildman–Crippen MR) is 112 cm³/mol. The monoisotopic (exact) mass is 398 g/mol. The summed E-state index contributed by atoms with van der Waals surface area (Å²) < 4.78 is 5.24.